The molecule has 5 heteroatoms. The summed E-state index contributed by atoms with van der Waals surface area (Å²) in [7, 11) is -1.53. The third kappa shape index (κ3) is 2.96. The van der Waals surface area contributed by atoms with Gasteiger partial charge in [-0.2, -0.15) is 0 Å². The van der Waals surface area contributed by atoms with Gasteiger partial charge >= 0.3 is 7.12 Å². The quantitative estimate of drug-likeness (QED) is 0.728. The summed E-state index contributed by atoms with van der Waals surface area (Å²) in [5, 5.41) is 18.0. The molecule has 4 nitrogen and oxygen atoms in total. The van der Waals surface area contributed by atoms with Crippen LogP contribution in [0.2, 0.25) is 0 Å². The van der Waals surface area contributed by atoms with Crippen LogP contribution in [0.5, 0.6) is 5.88 Å². The molecule has 0 atom stereocenters. The first-order valence-electron chi connectivity index (χ1n) is 5.75. The lowest BCUT2D eigenvalue weighted by atomic mass is 9.86. The standard InChI is InChI=1S/C11H16BNO3/c14-12(15)10-7-4-8-11(13-10)16-9-5-2-1-3-6-9/h4,7-9,14-15H,1-3,5-6H2. The predicted octanol–water partition coefficient (Wildman–Crippen LogP) is 0.473. The van der Waals surface area contributed by atoms with Crippen molar-refractivity contribution in [1.29, 1.82) is 0 Å². The van der Waals surface area contributed by atoms with Gasteiger partial charge in [-0.15, -0.1) is 0 Å². The Morgan fingerprint density at radius 3 is 2.62 bits per heavy atom. The maximum Gasteiger partial charge on any atom is 0.508 e. The lowest BCUT2D eigenvalue weighted by molar-refractivity contribution is 0.149. The van der Waals surface area contributed by atoms with E-state index in [0.29, 0.717) is 5.88 Å². The fraction of sp³-hybridized carbons (Fsp3) is 0.545. The van der Waals surface area contributed by atoms with Gasteiger partial charge in [0.25, 0.3) is 0 Å². The van der Waals surface area contributed by atoms with Crippen LogP contribution in [0.25, 0.3) is 0 Å². The van der Waals surface area contributed by atoms with Gasteiger partial charge in [-0.25, -0.2) is 4.98 Å². The van der Waals surface area contributed by atoms with Gasteiger partial charge in [0.05, 0.1) is 5.59 Å². The average molecular weight is 221 g/mol. The van der Waals surface area contributed by atoms with E-state index < -0.39 is 7.12 Å². The molecule has 0 radical (unpaired) electrons. The van der Waals surface area contributed by atoms with Crippen molar-refractivity contribution in [2.75, 3.05) is 0 Å². The first-order valence-corrected chi connectivity index (χ1v) is 5.75. The molecular weight excluding hydrogens is 205 g/mol. The molecule has 1 saturated carbocycles. The molecule has 0 unspecified atom stereocenters. The van der Waals surface area contributed by atoms with Crippen LogP contribution in [0.3, 0.4) is 0 Å². The van der Waals surface area contributed by atoms with E-state index in [1.54, 1.807) is 18.2 Å². The predicted molar refractivity (Wildman–Crippen MR) is 61.6 cm³/mol. The molecule has 1 aliphatic carbocycles. The third-order valence-electron chi connectivity index (χ3n) is 2.85. The summed E-state index contributed by atoms with van der Waals surface area (Å²) in [6.07, 6.45) is 6.04. The number of hydrogen-bond acceptors (Lipinski definition) is 4. The van der Waals surface area contributed by atoms with E-state index in [-0.39, 0.29) is 11.7 Å². The minimum Gasteiger partial charge on any atom is -0.474 e. The minimum atomic E-state index is -1.53. The lowest BCUT2D eigenvalue weighted by Crippen LogP contribution is -2.33. The highest BCUT2D eigenvalue weighted by atomic mass is 16.5. The lowest BCUT2D eigenvalue weighted by Gasteiger charge is -2.22. The summed E-state index contributed by atoms with van der Waals surface area (Å²) in [5.74, 6) is 0.484. The van der Waals surface area contributed by atoms with Gasteiger partial charge in [0, 0.05) is 6.07 Å². The maximum absolute atomic E-state index is 8.99. The number of rotatable bonds is 3. The van der Waals surface area contributed by atoms with E-state index in [4.69, 9.17) is 14.8 Å². The molecule has 1 fully saturated rings. The fourth-order valence-corrected chi connectivity index (χ4v) is 1.99. The first kappa shape index (κ1) is 11.4. The largest absolute Gasteiger partial charge is 0.508 e. The second kappa shape index (κ2) is 5.32. The van der Waals surface area contributed by atoms with Crippen LogP contribution < -0.4 is 10.3 Å². The van der Waals surface area contributed by atoms with Crippen LogP contribution in [-0.4, -0.2) is 28.3 Å². The molecule has 1 heterocycles. The molecular formula is C11H16BNO3. The van der Waals surface area contributed by atoms with Crippen molar-refractivity contribution < 1.29 is 14.8 Å². The summed E-state index contributed by atoms with van der Waals surface area (Å²) in [5.41, 5.74) is 0.230. The molecule has 0 amide bonds. The molecule has 16 heavy (non-hydrogen) atoms. The number of ether oxygens (including phenoxy) is 1. The third-order valence-corrected chi connectivity index (χ3v) is 2.85. The van der Waals surface area contributed by atoms with E-state index in [1.807, 2.05) is 0 Å². The molecule has 1 aliphatic rings. The Labute approximate surface area is 95.4 Å². The highest BCUT2D eigenvalue weighted by Crippen LogP contribution is 2.21. The van der Waals surface area contributed by atoms with Gasteiger partial charge in [-0.05, 0) is 31.7 Å². The molecule has 1 aromatic rings. The topological polar surface area (TPSA) is 62.6 Å². The van der Waals surface area contributed by atoms with E-state index >= 15 is 0 Å². The fourth-order valence-electron chi connectivity index (χ4n) is 1.99. The maximum atomic E-state index is 8.99. The van der Waals surface area contributed by atoms with Crippen molar-refractivity contribution in [2.45, 2.75) is 38.2 Å². The minimum absolute atomic E-state index is 0.229. The summed E-state index contributed by atoms with van der Waals surface area (Å²) >= 11 is 0. The van der Waals surface area contributed by atoms with E-state index in [9.17, 15) is 0 Å². The van der Waals surface area contributed by atoms with Crippen molar-refractivity contribution >= 4 is 12.7 Å². The van der Waals surface area contributed by atoms with Crippen LogP contribution in [0.1, 0.15) is 32.1 Å². The van der Waals surface area contributed by atoms with Gasteiger partial charge < -0.3 is 14.8 Å². The van der Waals surface area contributed by atoms with E-state index in [2.05, 4.69) is 4.98 Å². The van der Waals surface area contributed by atoms with Crippen LogP contribution in [0.4, 0.5) is 0 Å². The zero-order chi connectivity index (χ0) is 11.4. The first-order chi connectivity index (χ1) is 7.75. The Morgan fingerprint density at radius 1 is 1.19 bits per heavy atom. The molecule has 0 spiro atoms. The molecule has 1 aromatic heterocycles. The zero-order valence-corrected chi connectivity index (χ0v) is 9.17. The summed E-state index contributed by atoms with van der Waals surface area (Å²) < 4.78 is 5.71. The highest BCUT2D eigenvalue weighted by molar-refractivity contribution is 6.57. The van der Waals surface area contributed by atoms with E-state index in [1.165, 1.54) is 19.3 Å². The van der Waals surface area contributed by atoms with Gasteiger partial charge in [-0.3, -0.25) is 0 Å². The number of aromatic nitrogens is 1. The Hall–Kier alpha value is -1.07. The zero-order valence-electron chi connectivity index (χ0n) is 9.17. The van der Waals surface area contributed by atoms with Gasteiger partial charge in [-0.1, -0.05) is 12.5 Å². The van der Waals surface area contributed by atoms with Crippen molar-refractivity contribution in [2.24, 2.45) is 0 Å². The summed E-state index contributed by atoms with van der Waals surface area (Å²) in [4.78, 5) is 4.04. The van der Waals surface area contributed by atoms with E-state index in [0.717, 1.165) is 12.8 Å². The van der Waals surface area contributed by atoms with Crippen LogP contribution in [0.15, 0.2) is 18.2 Å². The van der Waals surface area contributed by atoms with Gasteiger partial charge in [0.15, 0.2) is 0 Å². The highest BCUT2D eigenvalue weighted by Gasteiger charge is 2.17. The molecule has 0 aromatic carbocycles. The van der Waals surface area contributed by atoms with Crippen molar-refractivity contribution in [3.63, 3.8) is 0 Å². The second-order valence-corrected chi connectivity index (χ2v) is 4.15. The molecule has 0 aliphatic heterocycles. The van der Waals surface area contributed by atoms with Crippen LogP contribution >= 0.6 is 0 Å². The SMILES string of the molecule is OB(O)c1cccc(OC2CCCCC2)n1. The molecule has 0 bridgehead atoms. The van der Waals surface area contributed by atoms with Crippen LogP contribution in [0, 0.1) is 0 Å². The normalized spacial score (nSPS) is 17.1. The smallest absolute Gasteiger partial charge is 0.474 e. The molecule has 86 valence electrons. The molecule has 2 rings (SSSR count). The Morgan fingerprint density at radius 2 is 1.94 bits per heavy atom. The monoisotopic (exact) mass is 221 g/mol. The Bertz CT molecular complexity index is 340. The van der Waals surface area contributed by atoms with Gasteiger partial charge in [0.2, 0.25) is 5.88 Å². The van der Waals surface area contributed by atoms with Crippen molar-refractivity contribution in [1.82, 2.24) is 4.98 Å². The van der Waals surface area contributed by atoms with Crippen molar-refractivity contribution in [3.8, 4) is 5.88 Å². The van der Waals surface area contributed by atoms with Crippen molar-refractivity contribution in [3.05, 3.63) is 18.2 Å². The molecule has 0 saturated heterocycles. The second-order valence-electron chi connectivity index (χ2n) is 4.15. The Balaban J connectivity index is 2.00. The summed E-state index contributed by atoms with van der Waals surface area (Å²) in [6, 6.07) is 5.04. The number of hydrogen-bond donors (Lipinski definition) is 2. The van der Waals surface area contributed by atoms with Crippen LogP contribution in [-0.2, 0) is 0 Å². The number of nitrogens with zero attached hydrogens (tertiary/aromatic N) is 1. The summed E-state index contributed by atoms with van der Waals surface area (Å²) in [6.45, 7) is 0. The average Bonchev–Trinajstić information content (AvgIpc) is 2.30. The van der Waals surface area contributed by atoms with Gasteiger partial charge in [0.1, 0.15) is 6.10 Å². The Kier molecular flexibility index (Phi) is 3.80. The number of pyridine rings is 1. The molecule has 2 N–H and O–H groups in total.